The summed E-state index contributed by atoms with van der Waals surface area (Å²) in [7, 11) is -1.45. The van der Waals surface area contributed by atoms with Crippen molar-refractivity contribution in [2.24, 2.45) is 5.92 Å². The van der Waals surface area contributed by atoms with E-state index in [2.05, 4.69) is 203 Å². The van der Waals surface area contributed by atoms with Crippen LogP contribution < -0.4 is 9.58 Å². The first-order valence-corrected chi connectivity index (χ1v) is 35.9. The zero-order valence-electron chi connectivity index (χ0n) is 41.1. The second-order valence-corrected chi connectivity index (χ2v) is 38.0. The third kappa shape index (κ3) is 10.5. The molecular formula is C60H65GeIrN3SSi-2. The molecule has 67 heavy (non-hydrogen) atoms. The van der Waals surface area contributed by atoms with Gasteiger partial charge in [-0.1, -0.05) is 113 Å². The van der Waals surface area contributed by atoms with E-state index in [1.165, 1.54) is 85.4 Å². The van der Waals surface area contributed by atoms with E-state index in [4.69, 9.17) is 9.97 Å². The number of hydrogen-bond acceptors (Lipinski definition) is 3. The first-order valence-electron chi connectivity index (χ1n) is 24.2. The number of thiophene rings is 1. The minimum atomic E-state index is -1.87. The van der Waals surface area contributed by atoms with Gasteiger partial charge in [0.25, 0.3) is 0 Å². The topological polar surface area (TPSA) is 30.7 Å². The smallest absolute Gasteiger partial charge is 0 e. The van der Waals surface area contributed by atoms with Gasteiger partial charge in [0.1, 0.15) is 0 Å². The van der Waals surface area contributed by atoms with E-state index in [9.17, 15) is 0 Å². The van der Waals surface area contributed by atoms with Crippen LogP contribution in [0.15, 0.2) is 134 Å². The summed E-state index contributed by atoms with van der Waals surface area (Å²) in [6.45, 7) is 16.5. The van der Waals surface area contributed by atoms with E-state index in [0.717, 1.165) is 39.6 Å². The Morgan fingerprint density at radius 2 is 1.39 bits per heavy atom. The predicted octanol–water partition coefficient (Wildman–Crippen LogP) is 16.1. The maximum absolute atomic E-state index is 5.31. The van der Waals surface area contributed by atoms with Crippen molar-refractivity contribution in [3.63, 3.8) is 0 Å². The molecule has 10 rings (SSSR count). The molecule has 0 atom stereocenters. The third-order valence-corrected chi connectivity index (χ3v) is 21.1. The Kier molecular flexibility index (Phi) is 14.8. The summed E-state index contributed by atoms with van der Waals surface area (Å²) in [5, 5.41) is 4.14. The fraction of sp³-hybridized carbons (Fsp3) is 0.300. The molecule has 0 bridgehead atoms. The average Bonchev–Trinajstić information content (AvgIpc) is 4.06. The van der Waals surface area contributed by atoms with Crippen LogP contribution in [0.1, 0.15) is 81.9 Å². The minimum Gasteiger partial charge on any atom is 0 e. The Labute approximate surface area is 421 Å². The average molecular weight is 1150 g/mol. The van der Waals surface area contributed by atoms with Gasteiger partial charge in [0.2, 0.25) is 0 Å². The molecule has 1 radical (unpaired) electrons. The zero-order chi connectivity index (χ0) is 46.3. The fourth-order valence-electron chi connectivity index (χ4n) is 9.93. The molecule has 345 valence electrons. The van der Waals surface area contributed by atoms with E-state index in [-0.39, 0.29) is 20.1 Å². The molecule has 1 aliphatic rings. The summed E-state index contributed by atoms with van der Waals surface area (Å²) in [5.74, 6) is 9.92. The maximum atomic E-state index is 5.31. The van der Waals surface area contributed by atoms with E-state index in [1.807, 2.05) is 23.5 Å². The largest absolute Gasteiger partial charge is 0 e. The number of benzene rings is 6. The van der Waals surface area contributed by atoms with E-state index >= 15 is 0 Å². The molecule has 0 amide bonds. The Balaban J connectivity index is 0.000000223. The van der Waals surface area contributed by atoms with Gasteiger partial charge in [-0.05, 0) is 74.5 Å². The number of fused-ring (bicyclic) bond motifs is 4. The summed E-state index contributed by atoms with van der Waals surface area (Å²) in [6, 6.07) is 53.3. The van der Waals surface area contributed by atoms with Crippen LogP contribution in [0, 0.1) is 18.1 Å². The van der Waals surface area contributed by atoms with Crippen molar-refractivity contribution in [3.05, 3.63) is 162 Å². The first-order chi connectivity index (χ1) is 31.6. The van der Waals surface area contributed by atoms with Gasteiger partial charge in [0.05, 0.1) is 24.9 Å². The molecule has 0 N–H and O–H groups in total. The Morgan fingerprint density at radius 1 is 0.716 bits per heavy atom. The molecule has 0 saturated heterocycles. The van der Waals surface area contributed by atoms with Crippen molar-refractivity contribution in [1.29, 1.82) is 0 Å². The van der Waals surface area contributed by atoms with Gasteiger partial charge in [-0.3, -0.25) is 4.98 Å². The van der Waals surface area contributed by atoms with Gasteiger partial charge in [0.15, 0.2) is 0 Å². The Hall–Kier alpha value is -4.43. The summed E-state index contributed by atoms with van der Waals surface area (Å²) in [5.41, 5.74) is 13.4. The number of hydrogen-bond donors (Lipinski definition) is 0. The van der Waals surface area contributed by atoms with Crippen LogP contribution in [0.25, 0.3) is 70.7 Å². The quantitative estimate of drug-likeness (QED) is 0.101. The monoisotopic (exact) mass is 1150 g/mol. The molecule has 1 fully saturated rings. The van der Waals surface area contributed by atoms with Crippen LogP contribution in [-0.2, 0) is 26.5 Å². The van der Waals surface area contributed by atoms with Crippen molar-refractivity contribution >= 4 is 73.5 Å². The molecule has 0 unspecified atom stereocenters. The number of pyridine rings is 1. The molecule has 6 aromatic carbocycles. The maximum Gasteiger partial charge on any atom is 0 e. The normalized spacial score (nSPS) is 13.4. The predicted molar refractivity (Wildman–Crippen MR) is 292 cm³/mol. The van der Waals surface area contributed by atoms with Crippen molar-refractivity contribution in [2.45, 2.75) is 109 Å². The molecule has 3 heterocycles. The molecule has 1 saturated carbocycles. The van der Waals surface area contributed by atoms with Crippen molar-refractivity contribution in [3.8, 4) is 39.5 Å². The summed E-state index contributed by atoms with van der Waals surface area (Å²) >= 11 is -0.0114. The van der Waals surface area contributed by atoms with Gasteiger partial charge in [-0.15, -0.1) is 23.8 Å². The molecule has 0 aliphatic heterocycles. The van der Waals surface area contributed by atoms with E-state index in [1.54, 1.807) is 9.96 Å². The molecule has 0 spiro atoms. The SMILES string of the molecule is CC(C)c1cc(-c2ccccc2)cc(C(C)C)c1-n1c(-c2[c-]cc3sc4ccc([Si](C)(C)C)cc4c3c2)nc2ccccc21.[CH3][Ge]([CH3])([CH3])[c]1cnc(-c2[c-]cccc2)cc1CC1CCCC1.[Ir]. The molecular weight excluding hydrogens is 1090 g/mol. The standard InChI is InChI=1S/C40H39N2SSi.C20H26GeN.Ir/c1-25(2)31-22-29(27-13-9-8-10-14-27)23-32(26(3)4)39(31)42-36-16-12-11-15-35(36)41-40(42)28-17-19-37-33(21-28)34-24-30(44(5,6)7)18-20-38(34)43-37;1-21(2,3)19-15-22-20(17-11-5-4-6-12-17)14-18(19)13-16-9-7-8-10-16;/h8-16,18-26H,1-7H3;4-6,11,14-16H,7-10,13H2,1-3H3;/q2*-1;. The van der Waals surface area contributed by atoms with Crippen molar-refractivity contribution < 1.29 is 20.1 Å². The summed E-state index contributed by atoms with van der Waals surface area (Å²) in [6.07, 6.45) is 9.08. The summed E-state index contributed by atoms with van der Waals surface area (Å²) < 4.78 is 6.62. The zero-order valence-corrected chi connectivity index (χ0v) is 47.4. The van der Waals surface area contributed by atoms with Crippen LogP contribution in [0.3, 0.4) is 0 Å². The van der Waals surface area contributed by atoms with Crippen LogP contribution in [0.5, 0.6) is 0 Å². The Bertz CT molecular complexity index is 3120. The Morgan fingerprint density at radius 3 is 2.04 bits per heavy atom. The number of para-hydroxylation sites is 2. The molecule has 3 aromatic heterocycles. The molecule has 3 nitrogen and oxygen atoms in total. The number of rotatable bonds is 10. The minimum absolute atomic E-state index is 0. The second-order valence-electron chi connectivity index (χ2n) is 21.2. The van der Waals surface area contributed by atoms with E-state index in [0.29, 0.717) is 11.8 Å². The molecule has 7 heteroatoms. The molecule has 9 aromatic rings. The van der Waals surface area contributed by atoms with Crippen molar-refractivity contribution in [1.82, 2.24) is 14.5 Å². The van der Waals surface area contributed by atoms with Gasteiger partial charge in [-0.2, -0.15) is 11.3 Å². The summed E-state index contributed by atoms with van der Waals surface area (Å²) in [4.78, 5) is 10.1. The number of imidazole rings is 1. The van der Waals surface area contributed by atoms with Crippen LogP contribution in [0.4, 0.5) is 0 Å². The van der Waals surface area contributed by atoms with Gasteiger partial charge >= 0.3 is 137 Å². The third-order valence-electron chi connectivity index (χ3n) is 13.6. The number of nitrogens with zero attached hydrogens (tertiary/aromatic N) is 3. The second kappa shape index (κ2) is 20.3. The number of aromatic nitrogens is 3. The van der Waals surface area contributed by atoms with E-state index < -0.39 is 21.3 Å². The first kappa shape index (κ1) is 49.0. The van der Waals surface area contributed by atoms with Crippen LogP contribution in [-0.4, -0.2) is 35.9 Å². The molecule has 1 aliphatic carbocycles. The van der Waals surface area contributed by atoms with Gasteiger partial charge in [-0.25, -0.2) is 0 Å². The van der Waals surface area contributed by atoms with Gasteiger partial charge < -0.3 is 4.57 Å². The van der Waals surface area contributed by atoms with Crippen LogP contribution >= 0.6 is 11.3 Å². The van der Waals surface area contributed by atoms with Gasteiger partial charge in [0, 0.05) is 30.5 Å². The van der Waals surface area contributed by atoms with Crippen LogP contribution in [0.2, 0.25) is 36.9 Å². The fourth-order valence-corrected chi connectivity index (χ4v) is 15.5. The van der Waals surface area contributed by atoms with Crippen molar-refractivity contribution in [2.75, 3.05) is 0 Å².